The smallest absolute Gasteiger partial charge is 0.0951 e. The molecule has 0 fully saturated rings. The maximum Gasteiger partial charge on any atom is 0.0951 e. The maximum atomic E-state index is 6.76. The Labute approximate surface area is 133 Å². The third kappa shape index (κ3) is 2.24. The fourth-order valence-corrected chi connectivity index (χ4v) is 4.39. The Morgan fingerprint density at radius 1 is 1.00 bits per heavy atom. The predicted octanol–water partition coefficient (Wildman–Crippen LogP) is 6.50. The number of alkyl halides is 1. The standard InChI is InChI=1S/C17H14Cl2S/c1-10-7-8-12-5-3-4-6-13(12)14(10)16(19)17-15(18)11(2)9-20-17/h3-9,16H,1-2H3. The molecule has 0 saturated heterocycles. The predicted molar refractivity (Wildman–Crippen MR) is 90.4 cm³/mol. The molecule has 1 unspecified atom stereocenters. The van der Waals surface area contributed by atoms with Crippen molar-refractivity contribution in [3.63, 3.8) is 0 Å². The zero-order valence-electron chi connectivity index (χ0n) is 11.3. The van der Waals surface area contributed by atoms with Crippen molar-refractivity contribution in [3.05, 3.63) is 68.4 Å². The monoisotopic (exact) mass is 320 g/mol. The minimum Gasteiger partial charge on any atom is -0.145 e. The molecule has 0 spiro atoms. The molecule has 0 aliphatic heterocycles. The minimum absolute atomic E-state index is 0.202. The number of halogens is 2. The maximum absolute atomic E-state index is 6.76. The normalized spacial score (nSPS) is 12.8. The summed E-state index contributed by atoms with van der Waals surface area (Å²) in [5, 5.41) is 5.07. The van der Waals surface area contributed by atoms with Crippen LogP contribution in [-0.2, 0) is 0 Å². The first kappa shape index (κ1) is 13.9. The van der Waals surface area contributed by atoms with Crippen molar-refractivity contribution in [2.75, 3.05) is 0 Å². The van der Waals surface area contributed by atoms with Crippen LogP contribution in [-0.4, -0.2) is 0 Å². The fraction of sp³-hybridized carbons (Fsp3) is 0.176. The van der Waals surface area contributed by atoms with E-state index in [1.807, 2.05) is 13.0 Å². The van der Waals surface area contributed by atoms with Gasteiger partial charge >= 0.3 is 0 Å². The highest BCUT2D eigenvalue weighted by Crippen LogP contribution is 2.42. The summed E-state index contributed by atoms with van der Waals surface area (Å²) >= 11 is 14.8. The van der Waals surface area contributed by atoms with E-state index in [1.54, 1.807) is 11.3 Å². The van der Waals surface area contributed by atoms with Gasteiger partial charge in [0.15, 0.2) is 0 Å². The number of fused-ring (bicyclic) bond motifs is 1. The summed E-state index contributed by atoms with van der Waals surface area (Å²) in [6.07, 6.45) is 0. The van der Waals surface area contributed by atoms with E-state index in [2.05, 4.69) is 42.6 Å². The molecule has 3 aromatic rings. The lowest BCUT2D eigenvalue weighted by Gasteiger charge is -2.15. The van der Waals surface area contributed by atoms with Crippen LogP contribution in [0.25, 0.3) is 10.8 Å². The van der Waals surface area contributed by atoms with Crippen molar-refractivity contribution < 1.29 is 0 Å². The molecule has 20 heavy (non-hydrogen) atoms. The Morgan fingerprint density at radius 2 is 1.75 bits per heavy atom. The summed E-state index contributed by atoms with van der Waals surface area (Å²) < 4.78 is 0. The van der Waals surface area contributed by atoms with Crippen LogP contribution in [0.4, 0.5) is 0 Å². The Hall–Kier alpha value is -1.02. The average Bonchev–Trinajstić information content (AvgIpc) is 2.78. The van der Waals surface area contributed by atoms with Gasteiger partial charge < -0.3 is 0 Å². The van der Waals surface area contributed by atoms with E-state index in [-0.39, 0.29) is 5.38 Å². The first-order chi connectivity index (χ1) is 9.59. The lowest BCUT2D eigenvalue weighted by Crippen LogP contribution is -1.96. The Morgan fingerprint density at radius 3 is 2.45 bits per heavy atom. The van der Waals surface area contributed by atoms with Gasteiger partial charge in [0.1, 0.15) is 0 Å². The molecule has 0 aliphatic rings. The first-order valence-electron chi connectivity index (χ1n) is 6.45. The van der Waals surface area contributed by atoms with E-state index >= 15 is 0 Å². The van der Waals surface area contributed by atoms with Crippen LogP contribution in [0, 0.1) is 13.8 Å². The highest BCUT2D eigenvalue weighted by atomic mass is 35.5. The van der Waals surface area contributed by atoms with Crippen molar-refractivity contribution in [1.29, 1.82) is 0 Å². The van der Waals surface area contributed by atoms with E-state index in [0.717, 1.165) is 21.0 Å². The largest absolute Gasteiger partial charge is 0.145 e. The van der Waals surface area contributed by atoms with Gasteiger partial charge in [-0.3, -0.25) is 0 Å². The van der Waals surface area contributed by atoms with Crippen molar-refractivity contribution in [3.8, 4) is 0 Å². The highest BCUT2D eigenvalue weighted by molar-refractivity contribution is 7.11. The Balaban J connectivity index is 2.23. The third-order valence-electron chi connectivity index (χ3n) is 3.60. The molecule has 0 N–H and O–H groups in total. The first-order valence-corrected chi connectivity index (χ1v) is 8.15. The van der Waals surface area contributed by atoms with E-state index in [0.29, 0.717) is 0 Å². The average molecular weight is 321 g/mol. The number of hydrogen-bond acceptors (Lipinski definition) is 1. The molecule has 3 rings (SSSR count). The molecule has 0 amide bonds. The number of rotatable bonds is 2. The highest BCUT2D eigenvalue weighted by Gasteiger charge is 2.21. The molecule has 0 radical (unpaired) electrons. The van der Waals surface area contributed by atoms with Crippen molar-refractivity contribution in [2.24, 2.45) is 0 Å². The molecule has 0 bridgehead atoms. The second kappa shape index (κ2) is 5.40. The molecule has 0 saturated carbocycles. The van der Waals surface area contributed by atoms with E-state index in [4.69, 9.17) is 23.2 Å². The SMILES string of the molecule is Cc1csc(C(Cl)c2c(C)ccc3ccccc23)c1Cl. The third-order valence-corrected chi connectivity index (χ3v) is 5.94. The van der Waals surface area contributed by atoms with Gasteiger partial charge in [0.05, 0.1) is 10.4 Å². The zero-order chi connectivity index (χ0) is 14.3. The number of hydrogen-bond donors (Lipinski definition) is 0. The molecule has 1 aromatic heterocycles. The topological polar surface area (TPSA) is 0 Å². The van der Waals surface area contributed by atoms with Crippen LogP contribution < -0.4 is 0 Å². The summed E-state index contributed by atoms with van der Waals surface area (Å²) in [7, 11) is 0. The molecule has 0 nitrogen and oxygen atoms in total. The lowest BCUT2D eigenvalue weighted by atomic mass is 9.96. The quantitative estimate of drug-likeness (QED) is 0.473. The summed E-state index contributed by atoms with van der Waals surface area (Å²) in [5.74, 6) is 0. The van der Waals surface area contributed by atoms with Gasteiger partial charge in [-0.1, -0.05) is 48.0 Å². The minimum atomic E-state index is -0.202. The van der Waals surface area contributed by atoms with E-state index in [9.17, 15) is 0 Å². The second-order valence-corrected chi connectivity index (χ2v) is 6.70. The van der Waals surface area contributed by atoms with Gasteiger partial charge in [-0.2, -0.15) is 0 Å². The van der Waals surface area contributed by atoms with Crippen molar-refractivity contribution in [1.82, 2.24) is 0 Å². The molecule has 1 atom stereocenters. The molecular formula is C17H14Cl2S. The van der Waals surface area contributed by atoms with Crippen LogP contribution >= 0.6 is 34.5 Å². The zero-order valence-corrected chi connectivity index (χ0v) is 13.6. The summed E-state index contributed by atoms with van der Waals surface area (Å²) in [6.45, 7) is 4.12. The molecule has 102 valence electrons. The van der Waals surface area contributed by atoms with Gasteiger partial charge in [0.25, 0.3) is 0 Å². The van der Waals surface area contributed by atoms with Gasteiger partial charge in [-0.25, -0.2) is 0 Å². The van der Waals surface area contributed by atoms with E-state index < -0.39 is 0 Å². The van der Waals surface area contributed by atoms with E-state index in [1.165, 1.54) is 16.3 Å². The molecule has 3 heteroatoms. The van der Waals surface area contributed by atoms with Crippen LogP contribution in [0.15, 0.2) is 41.8 Å². The van der Waals surface area contributed by atoms with Crippen molar-refractivity contribution in [2.45, 2.75) is 19.2 Å². The number of aryl methyl sites for hydroxylation is 2. The summed E-state index contributed by atoms with van der Waals surface area (Å²) in [6, 6.07) is 12.6. The van der Waals surface area contributed by atoms with Crippen molar-refractivity contribution >= 4 is 45.3 Å². The lowest BCUT2D eigenvalue weighted by molar-refractivity contribution is 1.17. The van der Waals surface area contributed by atoms with Crippen LogP contribution in [0.5, 0.6) is 0 Å². The van der Waals surface area contributed by atoms with Crippen LogP contribution in [0.3, 0.4) is 0 Å². The van der Waals surface area contributed by atoms with Crippen LogP contribution in [0.2, 0.25) is 5.02 Å². The summed E-state index contributed by atoms with van der Waals surface area (Å²) in [5.41, 5.74) is 3.45. The second-order valence-electron chi connectivity index (χ2n) is 4.98. The summed E-state index contributed by atoms with van der Waals surface area (Å²) in [4.78, 5) is 1.03. The molecule has 2 aromatic carbocycles. The Bertz CT molecular complexity index is 774. The van der Waals surface area contributed by atoms with Gasteiger partial charge in [-0.15, -0.1) is 22.9 Å². The Kier molecular flexibility index (Phi) is 3.76. The van der Waals surface area contributed by atoms with Gasteiger partial charge in [0.2, 0.25) is 0 Å². The molecule has 0 aliphatic carbocycles. The number of thiophene rings is 1. The number of benzene rings is 2. The fourth-order valence-electron chi connectivity index (χ4n) is 2.49. The molecule has 1 heterocycles. The van der Waals surface area contributed by atoms with Gasteiger partial charge in [0, 0.05) is 4.88 Å². The van der Waals surface area contributed by atoms with Gasteiger partial charge in [-0.05, 0) is 46.7 Å². The molecular weight excluding hydrogens is 307 g/mol. The van der Waals surface area contributed by atoms with Crippen LogP contribution in [0.1, 0.15) is 26.9 Å².